The van der Waals surface area contributed by atoms with Crippen molar-refractivity contribution in [2.75, 3.05) is 38.6 Å². The smallest absolute Gasteiger partial charge is 0.387 e. The summed E-state index contributed by atoms with van der Waals surface area (Å²) in [5.74, 6) is 0.643. The molecule has 22 heavy (non-hydrogen) atoms. The van der Waals surface area contributed by atoms with Gasteiger partial charge in [0.15, 0.2) is 0 Å². The van der Waals surface area contributed by atoms with E-state index in [9.17, 15) is 8.78 Å². The molecule has 1 N–H and O–H groups in total. The van der Waals surface area contributed by atoms with Crippen LogP contribution in [0.2, 0.25) is 0 Å². The molecule has 0 atom stereocenters. The Bertz CT molecular complexity index is 450. The Kier molecular flexibility index (Phi) is 6.71. The van der Waals surface area contributed by atoms with E-state index in [-0.39, 0.29) is 5.75 Å². The molecule has 0 amide bonds. The summed E-state index contributed by atoms with van der Waals surface area (Å²) in [6, 6.07) is 4.80. The monoisotopic (exact) mass is 314 g/mol. The van der Waals surface area contributed by atoms with E-state index in [1.807, 2.05) is 0 Å². The lowest BCUT2D eigenvalue weighted by molar-refractivity contribution is -0.0499. The van der Waals surface area contributed by atoms with Crippen LogP contribution in [0.1, 0.15) is 25.7 Å². The Hall–Kier alpha value is -1.56. The fourth-order valence-electron chi connectivity index (χ4n) is 2.62. The molecule has 124 valence electrons. The number of halogens is 2. The first-order chi connectivity index (χ1) is 10.7. The standard InChI is InChI=1S/C16H24F2N2O2/c1-19-13-10-14(12-15(11-13)22-16(17)18)21-9-8-20-6-4-2-3-5-7-20/h10-12,16,19H,2-9H2,1H3. The van der Waals surface area contributed by atoms with Crippen LogP contribution in [0.5, 0.6) is 11.5 Å². The predicted molar refractivity (Wildman–Crippen MR) is 83.0 cm³/mol. The summed E-state index contributed by atoms with van der Waals surface area (Å²) in [4.78, 5) is 2.39. The molecule has 0 unspecified atom stereocenters. The lowest BCUT2D eigenvalue weighted by Crippen LogP contribution is -2.29. The van der Waals surface area contributed by atoms with Crippen molar-refractivity contribution in [2.45, 2.75) is 32.3 Å². The second-order valence-corrected chi connectivity index (χ2v) is 5.43. The first-order valence-electron chi connectivity index (χ1n) is 7.80. The van der Waals surface area contributed by atoms with E-state index in [0.717, 1.165) is 19.6 Å². The highest BCUT2D eigenvalue weighted by Crippen LogP contribution is 2.27. The number of ether oxygens (including phenoxy) is 2. The minimum Gasteiger partial charge on any atom is -0.492 e. The van der Waals surface area contributed by atoms with Crippen molar-refractivity contribution in [1.82, 2.24) is 4.90 Å². The largest absolute Gasteiger partial charge is 0.492 e. The highest BCUT2D eigenvalue weighted by Gasteiger charge is 2.10. The molecule has 1 heterocycles. The minimum atomic E-state index is -2.84. The fourth-order valence-corrected chi connectivity index (χ4v) is 2.62. The molecule has 0 bridgehead atoms. The summed E-state index contributed by atoms with van der Waals surface area (Å²) in [6.07, 6.45) is 5.08. The first kappa shape index (κ1) is 16.8. The third-order valence-corrected chi connectivity index (χ3v) is 3.77. The summed E-state index contributed by atoms with van der Waals surface area (Å²) in [5, 5.41) is 2.91. The molecule has 1 aliphatic heterocycles. The molecule has 1 aliphatic rings. The Morgan fingerprint density at radius 2 is 1.77 bits per heavy atom. The SMILES string of the molecule is CNc1cc(OCCN2CCCCCC2)cc(OC(F)F)c1. The van der Waals surface area contributed by atoms with Gasteiger partial charge in [-0.25, -0.2) is 0 Å². The highest BCUT2D eigenvalue weighted by atomic mass is 19.3. The van der Waals surface area contributed by atoms with Gasteiger partial charge in [-0.2, -0.15) is 8.78 Å². The Balaban J connectivity index is 1.87. The zero-order chi connectivity index (χ0) is 15.8. The van der Waals surface area contributed by atoms with Crippen molar-refractivity contribution >= 4 is 5.69 Å². The number of likely N-dealkylation sites (tertiary alicyclic amines) is 1. The van der Waals surface area contributed by atoms with Gasteiger partial charge in [0.05, 0.1) is 0 Å². The van der Waals surface area contributed by atoms with E-state index < -0.39 is 6.61 Å². The van der Waals surface area contributed by atoms with Crippen molar-refractivity contribution in [3.05, 3.63) is 18.2 Å². The number of alkyl halides is 2. The minimum absolute atomic E-state index is 0.103. The van der Waals surface area contributed by atoms with Gasteiger partial charge in [0, 0.05) is 37.5 Å². The molecule has 4 nitrogen and oxygen atoms in total. The van der Waals surface area contributed by atoms with E-state index in [1.54, 1.807) is 13.1 Å². The van der Waals surface area contributed by atoms with Crippen LogP contribution in [0.15, 0.2) is 18.2 Å². The van der Waals surface area contributed by atoms with Gasteiger partial charge < -0.3 is 14.8 Å². The van der Waals surface area contributed by atoms with Crippen LogP contribution < -0.4 is 14.8 Å². The number of rotatable bonds is 7. The summed E-state index contributed by atoms with van der Waals surface area (Å²) in [6.45, 7) is 0.784. The summed E-state index contributed by atoms with van der Waals surface area (Å²) in [5.41, 5.74) is 0.683. The number of nitrogens with zero attached hydrogens (tertiary/aromatic N) is 1. The molecule has 0 aliphatic carbocycles. The van der Waals surface area contributed by atoms with Gasteiger partial charge in [0.1, 0.15) is 18.1 Å². The van der Waals surface area contributed by atoms with Gasteiger partial charge in [-0.15, -0.1) is 0 Å². The molecule has 0 spiro atoms. The molecule has 6 heteroatoms. The van der Waals surface area contributed by atoms with E-state index in [2.05, 4.69) is 15.0 Å². The highest BCUT2D eigenvalue weighted by molar-refractivity contribution is 5.53. The Morgan fingerprint density at radius 1 is 1.09 bits per heavy atom. The van der Waals surface area contributed by atoms with Gasteiger partial charge in [-0.1, -0.05) is 12.8 Å². The summed E-state index contributed by atoms with van der Waals surface area (Å²) >= 11 is 0. The molecule has 1 fully saturated rings. The molecular weight excluding hydrogens is 290 g/mol. The molecule has 0 radical (unpaired) electrons. The zero-order valence-electron chi connectivity index (χ0n) is 13.0. The summed E-state index contributed by atoms with van der Waals surface area (Å²) < 4.78 is 34.8. The van der Waals surface area contributed by atoms with Gasteiger partial charge in [-0.3, -0.25) is 4.90 Å². The van der Waals surface area contributed by atoms with Crippen molar-refractivity contribution in [3.63, 3.8) is 0 Å². The normalized spacial score (nSPS) is 16.4. The second-order valence-electron chi connectivity index (χ2n) is 5.43. The van der Waals surface area contributed by atoms with Crippen LogP contribution in [0.25, 0.3) is 0 Å². The van der Waals surface area contributed by atoms with E-state index in [0.29, 0.717) is 18.0 Å². The van der Waals surface area contributed by atoms with Crippen LogP contribution in [-0.2, 0) is 0 Å². The first-order valence-corrected chi connectivity index (χ1v) is 7.80. The topological polar surface area (TPSA) is 33.7 Å². The van der Waals surface area contributed by atoms with Gasteiger partial charge in [-0.05, 0) is 25.9 Å². The molecule has 2 rings (SSSR count). The maximum Gasteiger partial charge on any atom is 0.387 e. The molecule has 1 aromatic carbocycles. The molecule has 0 aromatic heterocycles. The van der Waals surface area contributed by atoms with Gasteiger partial charge in [0.25, 0.3) is 0 Å². The van der Waals surface area contributed by atoms with E-state index in [1.165, 1.54) is 37.8 Å². The average molecular weight is 314 g/mol. The Labute approximate surface area is 130 Å². The lowest BCUT2D eigenvalue weighted by atomic mass is 10.2. The maximum absolute atomic E-state index is 12.3. The number of hydrogen-bond acceptors (Lipinski definition) is 4. The maximum atomic E-state index is 12.3. The third-order valence-electron chi connectivity index (χ3n) is 3.77. The molecule has 1 aromatic rings. The van der Waals surface area contributed by atoms with E-state index >= 15 is 0 Å². The molecule has 0 saturated carbocycles. The van der Waals surface area contributed by atoms with Crippen LogP contribution in [-0.4, -0.2) is 44.8 Å². The van der Waals surface area contributed by atoms with E-state index in [4.69, 9.17) is 4.74 Å². The summed E-state index contributed by atoms with van der Waals surface area (Å²) in [7, 11) is 1.72. The quantitative estimate of drug-likeness (QED) is 0.834. The van der Waals surface area contributed by atoms with Crippen molar-refractivity contribution in [2.24, 2.45) is 0 Å². The second kappa shape index (κ2) is 8.78. The number of benzene rings is 1. The molecular formula is C16H24F2N2O2. The van der Waals surface area contributed by atoms with Crippen LogP contribution in [0, 0.1) is 0 Å². The molecule has 1 saturated heterocycles. The van der Waals surface area contributed by atoms with Crippen molar-refractivity contribution < 1.29 is 18.3 Å². The average Bonchev–Trinajstić information content (AvgIpc) is 2.75. The number of nitrogens with one attached hydrogen (secondary N) is 1. The lowest BCUT2D eigenvalue weighted by Gasteiger charge is -2.20. The fraction of sp³-hybridized carbons (Fsp3) is 0.625. The van der Waals surface area contributed by atoms with Gasteiger partial charge >= 0.3 is 6.61 Å². The van der Waals surface area contributed by atoms with Crippen LogP contribution in [0.3, 0.4) is 0 Å². The van der Waals surface area contributed by atoms with Crippen LogP contribution in [0.4, 0.5) is 14.5 Å². The van der Waals surface area contributed by atoms with Crippen LogP contribution >= 0.6 is 0 Å². The third kappa shape index (κ3) is 5.67. The van der Waals surface area contributed by atoms with Crippen molar-refractivity contribution in [1.29, 1.82) is 0 Å². The predicted octanol–water partition coefficient (Wildman–Crippen LogP) is 3.58. The zero-order valence-corrected chi connectivity index (χ0v) is 13.0. The number of anilines is 1. The van der Waals surface area contributed by atoms with Gasteiger partial charge in [0.2, 0.25) is 0 Å². The number of hydrogen-bond donors (Lipinski definition) is 1. The van der Waals surface area contributed by atoms with Crippen molar-refractivity contribution in [3.8, 4) is 11.5 Å². The Morgan fingerprint density at radius 3 is 2.41 bits per heavy atom.